The van der Waals surface area contributed by atoms with Crippen molar-refractivity contribution < 1.29 is 0 Å². The van der Waals surface area contributed by atoms with E-state index >= 15 is 0 Å². The van der Waals surface area contributed by atoms with Crippen LogP contribution in [0.2, 0.25) is 0 Å². The second kappa shape index (κ2) is 12.5. The number of allylic oxidation sites excluding steroid dienone is 20. The summed E-state index contributed by atoms with van der Waals surface area (Å²) in [5, 5.41) is 4.28. The molecule has 6 aliphatic rings. The first-order valence-corrected chi connectivity index (χ1v) is 19.2. The molecule has 0 saturated heterocycles. The number of aromatic nitrogens is 2. The molecule has 4 unspecified atom stereocenters. The highest BCUT2D eigenvalue weighted by molar-refractivity contribution is 6.23. The third-order valence-corrected chi connectivity index (χ3v) is 12.4. The molecule has 0 fully saturated rings. The van der Waals surface area contributed by atoms with E-state index in [-0.39, 0.29) is 0 Å². The van der Waals surface area contributed by atoms with Crippen LogP contribution < -0.4 is 0 Å². The van der Waals surface area contributed by atoms with E-state index in [1.54, 1.807) is 11.1 Å². The van der Waals surface area contributed by atoms with Gasteiger partial charge in [-0.2, -0.15) is 0 Å². The Kier molecular flexibility index (Phi) is 7.51. The maximum absolute atomic E-state index is 2.68. The Balaban J connectivity index is 1.16. The van der Waals surface area contributed by atoms with Crippen LogP contribution >= 0.6 is 0 Å². The molecule has 0 aliphatic heterocycles. The van der Waals surface area contributed by atoms with Gasteiger partial charge in [-0.25, -0.2) is 0 Å². The van der Waals surface area contributed by atoms with Crippen LogP contribution in [-0.4, -0.2) is 9.13 Å². The predicted octanol–water partition coefficient (Wildman–Crippen LogP) is 12.4. The molecule has 6 aliphatic carbocycles. The Morgan fingerprint density at radius 1 is 0.620 bits per heavy atom. The minimum absolute atomic E-state index is 0.470. The van der Waals surface area contributed by atoms with Crippen LogP contribution in [-0.2, 0) is 12.8 Å². The molecule has 4 atom stereocenters. The lowest BCUT2D eigenvalue weighted by molar-refractivity contribution is 0.476. The summed E-state index contributed by atoms with van der Waals surface area (Å²) in [6.07, 6.45) is 49.7. The summed E-state index contributed by atoms with van der Waals surface area (Å²) in [7, 11) is 0. The van der Waals surface area contributed by atoms with E-state index < -0.39 is 0 Å². The highest BCUT2D eigenvalue weighted by Gasteiger charge is 2.31. The van der Waals surface area contributed by atoms with Crippen LogP contribution in [0.1, 0.15) is 62.6 Å². The van der Waals surface area contributed by atoms with E-state index in [9.17, 15) is 0 Å². The molecular weight excluding hydrogens is 605 g/mol. The Hall–Kier alpha value is -4.82. The van der Waals surface area contributed by atoms with E-state index in [0.717, 1.165) is 38.5 Å². The fraction of sp³-hybridized carbons (Fsp3) is 0.292. The van der Waals surface area contributed by atoms with E-state index in [1.807, 2.05) is 0 Å². The zero-order valence-electron chi connectivity index (χ0n) is 29.0. The predicted molar refractivity (Wildman–Crippen MR) is 213 cm³/mol. The number of fused-ring (bicyclic) bond motifs is 7. The topological polar surface area (TPSA) is 9.86 Å². The summed E-state index contributed by atoms with van der Waals surface area (Å²) in [6, 6.07) is 14.1. The van der Waals surface area contributed by atoms with Gasteiger partial charge in [0.05, 0.1) is 16.6 Å². The standard InChI is InChI=1S/C48H46N2/c1-4-13-33(14-5-1)36-23-26-39(27-24-36)49-43-22-11-10-21-41(43)47-45(49)29-30-46-48(47)42-32-38(35-17-8-3-9-18-35)25-28-44(42)50(46)40-20-12-19-37(31-40)34-15-6-2-7-16-34/h2-4,6-8,10-15,17,20-23,26-27,29-31,34,36-38H,1,5,9,16,18-19,24-25,28,32H2. The first-order chi connectivity index (χ1) is 24.8. The normalized spacial score (nSPS) is 26.0. The first-order valence-electron chi connectivity index (χ1n) is 19.2. The Morgan fingerprint density at radius 2 is 1.54 bits per heavy atom. The van der Waals surface area contributed by atoms with Crippen molar-refractivity contribution in [1.29, 1.82) is 0 Å². The monoisotopic (exact) mass is 650 g/mol. The molecule has 2 heteroatoms. The van der Waals surface area contributed by atoms with Crippen LogP contribution in [0.5, 0.6) is 0 Å². The van der Waals surface area contributed by atoms with E-state index in [4.69, 9.17) is 0 Å². The van der Waals surface area contributed by atoms with Crippen molar-refractivity contribution in [1.82, 2.24) is 9.13 Å². The number of rotatable bonds is 5. The summed E-state index contributed by atoms with van der Waals surface area (Å²) in [6.45, 7) is 0. The lowest BCUT2D eigenvalue weighted by atomic mass is 9.79. The van der Waals surface area contributed by atoms with Gasteiger partial charge in [0.15, 0.2) is 0 Å². The van der Waals surface area contributed by atoms with Crippen molar-refractivity contribution in [3.05, 3.63) is 156 Å². The van der Waals surface area contributed by atoms with Crippen LogP contribution in [0.4, 0.5) is 0 Å². The maximum Gasteiger partial charge on any atom is 0.0548 e. The average Bonchev–Trinajstić information content (AvgIpc) is 3.71. The molecule has 0 spiro atoms. The third-order valence-electron chi connectivity index (χ3n) is 12.4. The largest absolute Gasteiger partial charge is 0.314 e. The van der Waals surface area contributed by atoms with Gasteiger partial charge in [-0.3, -0.25) is 0 Å². The first kappa shape index (κ1) is 30.0. The molecule has 0 amide bonds. The van der Waals surface area contributed by atoms with Crippen molar-refractivity contribution in [3.8, 4) is 0 Å². The SMILES string of the molecule is C1=CCCC(C2CCc3c(c4c5c6ccccc6n(C6=CCC(C7=CCCC=C7)C=C6)c5ccc4n3C3=CC(C4C=CC=CC4)CC=C3)C2)=C1. The minimum Gasteiger partial charge on any atom is -0.314 e. The maximum atomic E-state index is 2.68. The van der Waals surface area contributed by atoms with Gasteiger partial charge in [-0.15, -0.1) is 0 Å². The van der Waals surface area contributed by atoms with Gasteiger partial charge in [-0.1, -0.05) is 109 Å². The van der Waals surface area contributed by atoms with Crippen LogP contribution in [0.25, 0.3) is 44.1 Å². The molecule has 2 heterocycles. The quantitative estimate of drug-likeness (QED) is 0.203. The molecule has 0 bridgehead atoms. The van der Waals surface area contributed by atoms with Crippen LogP contribution in [0.15, 0.2) is 145 Å². The van der Waals surface area contributed by atoms with Crippen molar-refractivity contribution in [3.63, 3.8) is 0 Å². The Labute approximate surface area is 296 Å². The fourth-order valence-corrected chi connectivity index (χ4v) is 9.94. The van der Waals surface area contributed by atoms with Crippen molar-refractivity contribution >= 4 is 44.1 Å². The molecule has 2 nitrogen and oxygen atoms in total. The smallest absolute Gasteiger partial charge is 0.0548 e. The van der Waals surface area contributed by atoms with Gasteiger partial charge in [-0.05, 0) is 123 Å². The molecule has 10 rings (SSSR count). The second-order valence-corrected chi connectivity index (χ2v) is 15.2. The zero-order chi connectivity index (χ0) is 33.0. The summed E-state index contributed by atoms with van der Waals surface area (Å²) >= 11 is 0. The zero-order valence-corrected chi connectivity index (χ0v) is 29.0. The average molecular weight is 651 g/mol. The van der Waals surface area contributed by atoms with Crippen molar-refractivity contribution in [2.75, 3.05) is 0 Å². The highest BCUT2D eigenvalue weighted by atomic mass is 15.0. The highest BCUT2D eigenvalue weighted by Crippen LogP contribution is 2.46. The molecule has 50 heavy (non-hydrogen) atoms. The van der Waals surface area contributed by atoms with Gasteiger partial charge in [0.1, 0.15) is 0 Å². The lowest BCUT2D eigenvalue weighted by Gasteiger charge is -2.29. The van der Waals surface area contributed by atoms with Crippen LogP contribution in [0, 0.1) is 23.7 Å². The van der Waals surface area contributed by atoms with Gasteiger partial charge < -0.3 is 9.13 Å². The third kappa shape index (κ3) is 4.98. The number of nitrogens with zero attached hydrogens (tertiary/aromatic N) is 2. The second-order valence-electron chi connectivity index (χ2n) is 15.2. The van der Waals surface area contributed by atoms with E-state index in [2.05, 4.69) is 143 Å². The number of hydrogen-bond acceptors (Lipinski definition) is 0. The summed E-state index contributed by atoms with van der Waals surface area (Å²) in [5.74, 6) is 2.18. The number of hydrogen-bond donors (Lipinski definition) is 0. The summed E-state index contributed by atoms with van der Waals surface area (Å²) in [4.78, 5) is 0. The molecule has 0 saturated carbocycles. The van der Waals surface area contributed by atoms with Gasteiger partial charge >= 0.3 is 0 Å². The van der Waals surface area contributed by atoms with E-state index in [1.165, 1.54) is 81.1 Å². The molecule has 2 aromatic carbocycles. The summed E-state index contributed by atoms with van der Waals surface area (Å²) in [5.41, 5.74) is 12.9. The summed E-state index contributed by atoms with van der Waals surface area (Å²) < 4.78 is 5.24. The minimum atomic E-state index is 0.470. The van der Waals surface area contributed by atoms with Gasteiger partial charge in [0, 0.05) is 39.2 Å². The van der Waals surface area contributed by atoms with Crippen molar-refractivity contribution in [2.45, 2.75) is 64.2 Å². The molecule has 0 N–H and O–H groups in total. The fourth-order valence-electron chi connectivity index (χ4n) is 9.94. The van der Waals surface area contributed by atoms with Gasteiger partial charge in [0.2, 0.25) is 0 Å². The Morgan fingerprint density at radius 3 is 2.36 bits per heavy atom. The van der Waals surface area contributed by atoms with E-state index in [0.29, 0.717) is 23.7 Å². The molecule has 248 valence electrons. The number of benzene rings is 2. The lowest BCUT2D eigenvalue weighted by Crippen LogP contribution is -2.19. The van der Waals surface area contributed by atoms with Crippen molar-refractivity contribution in [2.24, 2.45) is 23.7 Å². The van der Waals surface area contributed by atoms with Gasteiger partial charge in [0.25, 0.3) is 0 Å². The van der Waals surface area contributed by atoms with Crippen LogP contribution in [0.3, 0.4) is 0 Å². The molecule has 2 aromatic heterocycles. The molecular formula is C48H46N2. The number of para-hydroxylation sites is 1. The molecule has 0 radical (unpaired) electrons. The molecule has 4 aromatic rings. The Bertz CT molecular complexity index is 2340.